The van der Waals surface area contributed by atoms with Crippen molar-refractivity contribution < 1.29 is 4.92 Å². The average Bonchev–Trinajstić information content (AvgIpc) is 2.29. The molecule has 8 nitrogen and oxygen atoms in total. The van der Waals surface area contributed by atoms with Crippen LogP contribution in [0.2, 0.25) is 0 Å². The van der Waals surface area contributed by atoms with Crippen molar-refractivity contribution in [3.8, 4) is 0 Å². The van der Waals surface area contributed by atoms with Gasteiger partial charge < -0.3 is 5.32 Å². The van der Waals surface area contributed by atoms with Crippen LogP contribution >= 0.6 is 11.8 Å². The molecule has 16 heavy (non-hydrogen) atoms. The molecular weight excluding hydrogens is 232 g/mol. The van der Waals surface area contributed by atoms with Gasteiger partial charge >= 0.3 is 5.69 Å². The zero-order valence-corrected chi connectivity index (χ0v) is 9.45. The molecule has 0 aliphatic carbocycles. The molecule has 0 amide bonds. The van der Waals surface area contributed by atoms with Crippen molar-refractivity contribution in [2.24, 2.45) is 5.84 Å². The highest BCUT2D eigenvalue weighted by molar-refractivity contribution is 7.98. The lowest BCUT2D eigenvalue weighted by atomic mass is 10.4. The lowest BCUT2D eigenvalue weighted by Gasteiger charge is -2.06. The summed E-state index contributed by atoms with van der Waals surface area (Å²) < 4.78 is 0. The van der Waals surface area contributed by atoms with Gasteiger partial charge in [0.25, 0.3) is 0 Å². The second kappa shape index (κ2) is 6.08. The number of thioether (sulfide) groups is 1. The molecule has 1 aromatic heterocycles. The molecule has 0 aromatic carbocycles. The molecule has 0 aliphatic rings. The Labute approximate surface area is 96.2 Å². The Morgan fingerprint density at radius 1 is 1.69 bits per heavy atom. The first-order valence-electron chi connectivity index (χ1n) is 4.40. The van der Waals surface area contributed by atoms with E-state index >= 15 is 0 Å². The minimum Gasteiger partial charge on any atom is -0.363 e. The average molecular weight is 244 g/mol. The summed E-state index contributed by atoms with van der Waals surface area (Å²) in [5, 5.41) is 13.5. The Bertz CT molecular complexity index is 374. The number of hydrogen-bond acceptors (Lipinski definition) is 8. The maximum absolute atomic E-state index is 10.7. The maximum Gasteiger partial charge on any atom is 0.329 e. The summed E-state index contributed by atoms with van der Waals surface area (Å²) in [5.41, 5.74) is 2.07. The summed E-state index contributed by atoms with van der Waals surface area (Å²) in [7, 11) is 0. The Balaban J connectivity index is 2.87. The van der Waals surface area contributed by atoms with Crippen molar-refractivity contribution in [3.05, 3.63) is 16.3 Å². The SMILES string of the molecule is CSCCNc1nc(NN)ncc1[N+](=O)[O-]. The first-order chi connectivity index (χ1) is 7.69. The Morgan fingerprint density at radius 3 is 3.00 bits per heavy atom. The molecule has 4 N–H and O–H groups in total. The van der Waals surface area contributed by atoms with Crippen molar-refractivity contribution in [1.82, 2.24) is 9.97 Å². The second-order valence-corrected chi connectivity index (χ2v) is 3.73. The van der Waals surface area contributed by atoms with E-state index < -0.39 is 4.92 Å². The number of nitrogens with two attached hydrogens (primary N) is 1. The van der Waals surface area contributed by atoms with Crippen molar-refractivity contribution in [1.29, 1.82) is 0 Å². The Morgan fingerprint density at radius 2 is 2.44 bits per heavy atom. The number of nitrogen functional groups attached to an aromatic ring is 1. The van der Waals surface area contributed by atoms with E-state index in [1.54, 1.807) is 11.8 Å². The van der Waals surface area contributed by atoms with Crippen LogP contribution in [0.3, 0.4) is 0 Å². The van der Waals surface area contributed by atoms with E-state index in [1.807, 2.05) is 6.26 Å². The molecule has 0 atom stereocenters. The largest absolute Gasteiger partial charge is 0.363 e. The van der Waals surface area contributed by atoms with E-state index in [2.05, 4.69) is 20.7 Å². The molecule has 88 valence electrons. The van der Waals surface area contributed by atoms with Crippen molar-refractivity contribution in [2.75, 3.05) is 29.3 Å². The number of hydrogen-bond donors (Lipinski definition) is 3. The minimum atomic E-state index is -0.540. The first kappa shape index (κ1) is 12.5. The standard InChI is InChI=1S/C7H12N6O2S/c1-16-3-2-9-6-5(13(14)15)4-10-7(11-6)12-8/h4H,2-3,8H2,1H3,(H2,9,10,11,12). The van der Waals surface area contributed by atoms with Crippen LogP contribution in [-0.2, 0) is 0 Å². The van der Waals surface area contributed by atoms with Crippen molar-refractivity contribution >= 4 is 29.2 Å². The first-order valence-corrected chi connectivity index (χ1v) is 5.79. The van der Waals surface area contributed by atoms with E-state index in [0.717, 1.165) is 11.9 Å². The summed E-state index contributed by atoms with van der Waals surface area (Å²) in [5.74, 6) is 6.25. The predicted molar refractivity (Wildman–Crippen MR) is 63.4 cm³/mol. The van der Waals surface area contributed by atoms with Crippen LogP contribution in [0.15, 0.2) is 6.20 Å². The van der Waals surface area contributed by atoms with Gasteiger partial charge in [-0.15, -0.1) is 0 Å². The van der Waals surface area contributed by atoms with Crippen LogP contribution in [0.1, 0.15) is 0 Å². The molecule has 1 aromatic rings. The Hall–Kier alpha value is -1.61. The highest BCUT2D eigenvalue weighted by atomic mass is 32.2. The van der Waals surface area contributed by atoms with Gasteiger partial charge in [-0.1, -0.05) is 0 Å². The van der Waals surface area contributed by atoms with E-state index in [9.17, 15) is 10.1 Å². The van der Waals surface area contributed by atoms with Gasteiger partial charge in [-0.3, -0.25) is 15.5 Å². The number of nitro groups is 1. The molecule has 0 aliphatic heterocycles. The zero-order chi connectivity index (χ0) is 12.0. The van der Waals surface area contributed by atoms with Gasteiger partial charge in [0.05, 0.1) is 4.92 Å². The van der Waals surface area contributed by atoms with Crippen LogP contribution in [-0.4, -0.2) is 33.4 Å². The highest BCUT2D eigenvalue weighted by Gasteiger charge is 2.16. The molecule has 0 bridgehead atoms. The van der Waals surface area contributed by atoms with Gasteiger partial charge in [-0.2, -0.15) is 16.7 Å². The molecule has 0 fully saturated rings. The summed E-state index contributed by atoms with van der Waals surface area (Å²) in [4.78, 5) is 17.7. The van der Waals surface area contributed by atoms with Crippen molar-refractivity contribution in [2.45, 2.75) is 0 Å². The smallest absolute Gasteiger partial charge is 0.329 e. The van der Waals surface area contributed by atoms with E-state index in [4.69, 9.17) is 5.84 Å². The number of rotatable bonds is 6. The summed E-state index contributed by atoms with van der Waals surface area (Å²) in [6.45, 7) is 0.586. The monoisotopic (exact) mass is 244 g/mol. The van der Waals surface area contributed by atoms with Crippen LogP contribution in [0.4, 0.5) is 17.5 Å². The molecule has 0 radical (unpaired) electrons. The third kappa shape index (κ3) is 3.21. The van der Waals surface area contributed by atoms with Gasteiger partial charge in [0, 0.05) is 12.3 Å². The third-order valence-corrected chi connectivity index (χ3v) is 2.31. The molecular formula is C7H12N6O2S. The minimum absolute atomic E-state index is 0.136. The number of hydrazine groups is 1. The molecule has 0 saturated carbocycles. The quantitative estimate of drug-likeness (QED) is 0.285. The van der Waals surface area contributed by atoms with Gasteiger partial charge in [-0.25, -0.2) is 10.8 Å². The number of anilines is 2. The Kier molecular flexibility index (Phi) is 4.73. The summed E-state index contributed by atoms with van der Waals surface area (Å²) in [6, 6.07) is 0. The summed E-state index contributed by atoms with van der Waals surface area (Å²) >= 11 is 1.63. The number of aromatic nitrogens is 2. The lowest BCUT2D eigenvalue weighted by molar-refractivity contribution is -0.384. The van der Waals surface area contributed by atoms with Gasteiger partial charge in [0.15, 0.2) is 0 Å². The maximum atomic E-state index is 10.7. The highest BCUT2D eigenvalue weighted by Crippen LogP contribution is 2.21. The van der Waals surface area contributed by atoms with Crippen LogP contribution < -0.4 is 16.6 Å². The fraction of sp³-hybridized carbons (Fsp3) is 0.429. The fourth-order valence-corrected chi connectivity index (χ4v) is 1.29. The molecule has 1 heterocycles. The molecule has 1 rings (SSSR count). The number of nitrogens with one attached hydrogen (secondary N) is 2. The molecule has 0 saturated heterocycles. The van der Waals surface area contributed by atoms with Gasteiger partial charge in [-0.05, 0) is 6.26 Å². The van der Waals surface area contributed by atoms with Crippen molar-refractivity contribution in [3.63, 3.8) is 0 Å². The van der Waals surface area contributed by atoms with E-state index in [-0.39, 0.29) is 17.5 Å². The second-order valence-electron chi connectivity index (χ2n) is 2.75. The molecule has 0 unspecified atom stereocenters. The van der Waals surface area contributed by atoms with Crippen LogP contribution in [0, 0.1) is 10.1 Å². The fourth-order valence-electron chi connectivity index (χ4n) is 0.980. The van der Waals surface area contributed by atoms with Crippen LogP contribution in [0.25, 0.3) is 0 Å². The van der Waals surface area contributed by atoms with E-state index in [1.165, 1.54) is 0 Å². The topological polar surface area (TPSA) is 119 Å². The predicted octanol–water partition coefficient (Wildman–Crippen LogP) is 0.445. The van der Waals surface area contributed by atoms with Gasteiger partial charge in [0.2, 0.25) is 11.8 Å². The number of nitrogens with zero attached hydrogens (tertiary/aromatic N) is 3. The summed E-state index contributed by atoms with van der Waals surface area (Å²) in [6.07, 6.45) is 3.06. The lowest BCUT2D eigenvalue weighted by Crippen LogP contribution is -2.14. The zero-order valence-electron chi connectivity index (χ0n) is 8.64. The van der Waals surface area contributed by atoms with Crippen LogP contribution in [0.5, 0.6) is 0 Å². The normalized spacial score (nSPS) is 9.88. The van der Waals surface area contributed by atoms with Gasteiger partial charge in [0.1, 0.15) is 6.20 Å². The molecule has 0 spiro atoms. The van der Waals surface area contributed by atoms with E-state index in [0.29, 0.717) is 6.54 Å². The molecule has 9 heteroatoms. The third-order valence-electron chi connectivity index (χ3n) is 1.69.